The van der Waals surface area contributed by atoms with Crippen LogP contribution in [-0.4, -0.2) is 20.2 Å². The van der Waals surface area contributed by atoms with Crippen LogP contribution in [0, 0.1) is 16.5 Å². The van der Waals surface area contributed by atoms with Crippen molar-refractivity contribution in [3.8, 4) is 0 Å². The van der Waals surface area contributed by atoms with Crippen molar-refractivity contribution in [1.29, 1.82) is 0 Å². The van der Waals surface area contributed by atoms with Crippen molar-refractivity contribution in [1.82, 2.24) is 0 Å². The summed E-state index contributed by atoms with van der Waals surface area (Å²) in [5.74, 6) is -1.42. The summed E-state index contributed by atoms with van der Waals surface area (Å²) < 4.78 is 53.0. The standard InChI is InChI=1S/C13H11F2N2O3S/c1-17(18)10-4-7-12(15)13(8-10)16-21(19,20)11-5-2-9(14)3-6-11/h2-8,16H,1H3/q+1. The Morgan fingerprint density at radius 2 is 1.67 bits per heavy atom. The highest BCUT2D eigenvalue weighted by Gasteiger charge is 2.19. The van der Waals surface area contributed by atoms with Crippen molar-refractivity contribution >= 4 is 21.4 Å². The topological polar surface area (TPSA) is 66.2 Å². The fourth-order valence-electron chi connectivity index (χ4n) is 1.60. The Morgan fingerprint density at radius 3 is 2.24 bits per heavy atom. The second-order valence-electron chi connectivity index (χ2n) is 4.22. The monoisotopic (exact) mass is 313 g/mol. The molecule has 0 aliphatic carbocycles. The minimum atomic E-state index is -4.07. The number of nitrogens with zero attached hydrogens (tertiary/aromatic N) is 1. The first-order valence-corrected chi connectivity index (χ1v) is 7.27. The van der Waals surface area contributed by atoms with Crippen molar-refractivity contribution < 1.29 is 22.0 Å². The molecule has 2 aromatic carbocycles. The summed E-state index contributed by atoms with van der Waals surface area (Å²) in [5, 5.41) is 0. The smallest absolute Gasteiger partial charge is 0.261 e. The quantitative estimate of drug-likeness (QED) is 0.883. The minimum absolute atomic E-state index is 0.0909. The molecule has 0 heterocycles. The van der Waals surface area contributed by atoms with Gasteiger partial charge in [-0.1, -0.05) is 0 Å². The van der Waals surface area contributed by atoms with Crippen LogP contribution >= 0.6 is 0 Å². The number of hydrogen-bond acceptors (Lipinski definition) is 3. The van der Waals surface area contributed by atoms with E-state index in [1.165, 1.54) is 13.1 Å². The third-order valence-electron chi connectivity index (χ3n) is 2.68. The molecule has 0 fully saturated rings. The van der Waals surface area contributed by atoms with E-state index in [0.717, 1.165) is 36.4 Å². The van der Waals surface area contributed by atoms with Gasteiger partial charge in [-0.15, -0.1) is 0 Å². The van der Waals surface area contributed by atoms with Gasteiger partial charge in [0.25, 0.3) is 15.7 Å². The fourth-order valence-corrected chi connectivity index (χ4v) is 2.66. The molecule has 5 nitrogen and oxygen atoms in total. The van der Waals surface area contributed by atoms with Gasteiger partial charge in [-0.25, -0.2) is 17.2 Å². The van der Waals surface area contributed by atoms with E-state index >= 15 is 0 Å². The number of halogens is 2. The van der Waals surface area contributed by atoms with Crippen molar-refractivity contribution in [2.24, 2.45) is 0 Å². The zero-order chi connectivity index (χ0) is 15.6. The summed E-state index contributed by atoms with van der Waals surface area (Å²) in [6, 6.07) is 7.34. The van der Waals surface area contributed by atoms with Crippen LogP contribution in [0.4, 0.5) is 20.2 Å². The van der Waals surface area contributed by atoms with E-state index in [1.54, 1.807) is 0 Å². The largest absolute Gasteiger partial charge is 0.276 e. The Bertz CT molecular complexity index is 790. The molecule has 0 saturated heterocycles. The van der Waals surface area contributed by atoms with Crippen molar-refractivity contribution in [3.05, 3.63) is 59.0 Å². The molecule has 21 heavy (non-hydrogen) atoms. The summed E-state index contributed by atoms with van der Waals surface area (Å²) >= 11 is 0. The van der Waals surface area contributed by atoms with Gasteiger partial charge in [0.2, 0.25) is 0 Å². The molecule has 0 atom stereocenters. The predicted octanol–water partition coefficient (Wildman–Crippen LogP) is 2.81. The lowest BCUT2D eigenvalue weighted by Crippen LogP contribution is -2.14. The molecule has 2 rings (SSSR count). The molecule has 110 valence electrons. The molecule has 0 aliphatic rings. The van der Waals surface area contributed by atoms with Crippen LogP contribution in [0.15, 0.2) is 47.4 Å². The number of sulfonamides is 1. The van der Waals surface area contributed by atoms with E-state index in [4.69, 9.17) is 0 Å². The molecule has 1 N–H and O–H groups in total. The molecule has 0 radical (unpaired) electrons. The minimum Gasteiger partial charge on any atom is -0.276 e. The zero-order valence-electron chi connectivity index (χ0n) is 10.9. The summed E-state index contributed by atoms with van der Waals surface area (Å²) in [4.78, 5) is 10.9. The Labute approximate surface area is 119 Å². The summed E-state index contributed by atoms with van der Waals surface area (Å²) in [7, 11) is -2.87. The third kappa shape index (κ3) is 3.40. The van der Waals surface area contributed by atoms with E-state index in [0.29, 0.717) is 4.76 Å². The summed E-state index contributed by atoms with van der Waals surface area (Å²) in [5.41, 5.74) is -0.271. The van der Waals surface area contributed by atoms with Crippen molar-refractivity contribution in [2.45, 2.75) is 4.90 Å². The van der Waals surface area contributed by atoms with E-state index in [1.807, 2.05) is 4.72 Å². The molecule has 0 spiro atoms. The van der Waals surface area contributed by atoms with Gasteiger partial charge in [-0.05, 0) is 30.3 Å². The van der Waals surface area contributed by atoms with Gasteiger partial charge >= 0.3 is 0 Å². The molecular formula is C13H11F2N2O3S+. The van der Waals surface area contributed by atoms with Gasteiger partial charge in [0.05, 0.1) is 10.6 Å². The SMILES string of the molecule is C[N+](=O)c1ccc(F)c(NS(=O)(=O)c2ccc(F)cc2)c1. The lowest BCUT2D eigenvalue weighted by Gasteiger charge is -2.08. The molecular weight excluding hydrogens is 302 g/mol. The average molecular weight is 313 g/mol. The molecule has 0 bridgehead atoms. The Hall–Kier alpha value is -2.35. The maximum atomic E-state index is 13.6. The van der Waals surface area contributed by atoms with Crippen LogP contribution in [0.5, 0.6) is 0 Å². The maximum Gasteiger partial charge on any atom is 0.261 e. The second-order valence-corrected chi connectivity index (χ2v) is 5.90. The highest BCUT2D eigenvalue weighted by molar-refractivity contribution is 7.92. The van der Waals surface area contributed by atoms with Gasteiger partial charge < -0.3 is 0 Å². The predicted molar refractivity (Wildman–Crippen MR) is 72.8 cm³/mol. The molecule has 2 aromatic rings. The molecule has 0 saturated carbocycles. The van der Waals surface area contributed by atoms with Crippen LogP contribution in [0.2, 0.25) is 0 Å². The van der Waals surface area contributed by atoms with Crippen molar-refractivity contribution in [2.75, 3.05) is 11.8 Å². The summed E-state index contributed by atoms with van der Waals surface area (Å²) in [6.07, 6.45) is 0. The number of nitroso groups, excluding NO2 is 1. The lowest BCUT2D eigenvalue weighted by molar-refractivity contribution is -0.428. The molecule has 0 amide bonds. The average Bonchev–Trinajstić information content (AvgIpc) is 2.41. The third-order valence-corrected chi connectivity index (χ3v) is 4.06. The number of nitrogens with one attached hydrogen (secondary N) is 1. The number of hydrogen-bond donors (Lipinski definition) is 1. The molecule has 0 aromatic heterocycles. The van der Waals surface area contributed by atoms with Crippen LogP contribution in [0.25, 0.3) is 0 Å². The van der Waals surface area contributed by atoms with E-state index < -0.39 is 21.7 Å². The Balaban J connectivity index is 2.38. The first-order valence-electron chi connectivity index (χ1n) is 5.78. The van der Waals surface area contributed by atoms with Crippen molar-refractivity contribution in [3.63, 3.8) is 0 Å². The van der Waals surface area contributed by atoms with Gasteiger partial charge in [-0.3, -0.25) is 4.72 Å². The van der Waals surface area contributed by atoms with E-state index in [2.05, 4.69) is 0 Å². The van der Waals surface area contributed by atoms with Gasteiger partial charge in [-0.2, -0.15) is 0 Å². The molecule has 0 aliphatic heterocycles. The van der Waals surface area contributed by atoms with E-state index in [9.17, 15) is 22.1 Å². The Morgan fingerprint density at radius 1 is 1.05 bits per heavy atom. The number of rotatable bonds is 4. The highest BCUT2D eigenvalue weighted by atomic mass is 32.2. The fraction of sp³-hybridized carbons (Fsp3) is 0.0769. The molecule has 8 heteroatoms. The van der Waals surface area contributed by atoms with Gasteiger partial charge in [0.15, 0.2) is 7.05 Å². The lowest BCUT2D eigenvalue weighted by atomic mass is 10.3. The van der Waals surface area contributed by atoms with Gasteiger partial charge in [0, 0.05) is 21.8 Å². The first-order chi connectivity index (χ1) is 9.79. The zero-order valence-corrected chi connectivity index (χ0v) is 11.7. The second kappa shape index (κ2) is 5.57. The first kappa shape index (κ1) is 15.0. The number of anilines is 1. The summed E-state index contributed by atoms with van der Waals surface area (Å²) in [6.45, 7) is 0. The highest BCUT2D eigenvalue weighted by Crippen LogP contribution is 2.24. The normalized spacial score (nSPS) is 11.2. The van der Waals surface area contributed by atoms with Crippen LogP contribution in [0.3, 0.4) is 0 Å². The van der Waals surface area contributed by atoms with Crippen LogP contribution in [-0.2, 0) is 10.0 Å². The van der Waals surface area contributed by atoms with Crippen LogP contribution in [0.1, 0.15) is 0 Å². The van der Waals surface area contributed by atoms with Gasteiger partial charge in [0.1, 0.15) is 11.6 Å². The van der Waals surface area contributed by atoms with E-state index in [-0.39, 0.29) is 16.3 Å². The molecule has 0 unspecified atom stereocenters. The maximum absolute atomic E-state index is 13.6. The number of benzene rings is 2. The Kier molecular flexibility index (Phi) is 3.99. The van der Waals surface area contributed by atoms with Crippen LogP contribution < -0.4 is 4.72 Å².